The first-order chi connectivity index (χ1) is 12.8. The van der Waals surface area contributed by atoms with Gasteiger partial charge >= 0.3 is 0 Å². The molecule has 1 saturated carbocycles. The molecule has 6 nitrogen and oxygen atoms in total. The fraction of sp³-hybridized carbons (Fsp3) is 0.650. The zero-order chi connectivity index (χ0) is 17.8. The Morgan fingerprint density at radius 2 is 2.08 bits per heavy atom. The smallest absolute Gasteiger partial charge is 0.241 e. The van der Waals surface area contributed by atoms with E-state index in [1.807, 2.05) is 12.1 Å². The van der Waals surface area contributed by atoms with Gasteiger partial charge in [0.2, 0.25) is 17.6 Å². The summed E-state index contributed by atoms with van der Waals surface area (Å²) >= 11 is 0. The summed E-state index contributed by atoms with van der Waals surface area (Å²) in [5, 5.41) is 4.19. The molecule has 140 valence electrons. The molecule has 0 bridgehead atoms. The van der Waals surface area contributed by atoms with E-state index in [-0.39, 0.29) is 6.10 Å². The summed E-state index contributed by atoms with van der Waals surface area (Å²) in [5.74, 6) is 2.60. The van der Waals surface area contributed by atoms with Crippen molar-refractivity contribution in [1.29, 1.82) is 0 Å². The van der Waals surface area contributed by atoms with Crippen molar-refractivity contribution in [3.8, 4) is 17.3 Å². The molecule has 1 atom stereocenters. The average Bonchev–Trinajstić information content (AvgIpc) is 3.11. The molecule has 2 aromatic rings. The molecular formula is C20H28N4O2. The van der Waals surface area contributed by atoms with Gasteiger partial charge in [-0.25, -0.2) is 4.98 Å². The molecule has 1 aliphatic heterocycles. The third-order valence-corrected chi connectivity index (χ3v) is 5.41. The maximum absolute atomic E-state index is 6.17. The van der Waals surface area contributed by atoms with Gasteiger partial charge in [-0.1, -0.05) is 18.5 Å². The summed E-state index contributed by atoms with van der Waals surface area (Å²) in [6.45, 7) is 5.22. The Labute approximate surface area is 154 Å². The molecule has 2 aliphatic rings. The number of hydrogen-bond donors (Lipinski definition) is 0. The molecule has 1 aliphatic carbocycles. The number of pyridine rings is 1. The molecule has 1 saturated heterocycles. The molecule has 3 heterocycles. The third-order valence-electron chi connectivity index (χ3n) is 5.41. The predicted molar refractivity (Wildman–Crippen MR) is 98.7 cm³/mol. The fourth-order valence-electron chi connectivity index (χ4n) is 4.05. The zero-order valence-corrected chi connectivity index (χ0v) is 15.6. The Morgan fingerprint density at radius 1 is 1.19 bits per heavy atom. The molecule has 0 unspecified atom stereocenters. The summed E-state index contributed by atoms with van der Waals surface area (Å²) in [6.07, 6.45) is 10.5. The lowest BCUT2D eigenvalue weighted by molar-refractivity contribution is 0.149. The molecule has 0 spiro atoms. The second-order valence-electron chi connectivity index (χ2n) is 7.73. The zero-order valence-electron chi connectivity index (χ0n) is 15.6. The van der Waals surface area contributed by atoms with Crippen LogP contribution in [-0.2, 0) is 6.54 Å². The quantitative estimate of drug-likeness (QED) is 0.804. The summed E-state index contributed by atoms with van der Waals surface area (Å²) < 4.78 is 11.7. The van der Waals surface area contributed by atoms with Crippen molar-refractivity contribution in [2.45, 2.75) is 64.5 Å². The molecule has 2 fully saturated rings. The molecule has 6 heteroatoms. The highest BCUT2D eigenvalue weighted by Gasteiger charge is 2.22. The fourth-order valence-corrected chi connectivity index (χ4v) is 4.05. The normalized spacial score (nSPS) is 22.4. The van der Waals surface area contributed by atoms with Gasteiger partial charge in [-0.05, 0) is 63.1 Å². The Morgan fingerprint density at radius 3 is 2.92 bits per heavy atom. The minimum Gasteiger partial charge on any atom is -0.474 e. The van der Waals surface area contributed by atoms with Gasteiger partial charge in [0.05, 0.1) is 12.1 Å². The number of aromatic nitrogens is 3. The van der Waals surface area contributed by atoms with Crippen LogP contribution in [0.4, 0.5) is 0 Å². The van der Waals surface area contributed by atoms with Crippen LogP contribution in [0.15, 0.2) is 22.9 Å². The first-order valence-corrected chi connectivity index (χ1v) is 9.95. The maximum Gasteiger partial charge on any atom is 0.241 e. The standard InChI is InChI=1S/C20H28N4O2/c1-15-7-6-12-24(13-15)14-18-22-19(23-26-18)17-10-5-11-21-20(17)25-16-8-3-2-4-9-16/h5,10-11,15-16H,2-4,6-9,12-14H2,1H3/t15-/m0/s1. The van der Waals surface area contributed by atoms with Gasteiger partial charge < -0.3 is 9.26 Å². The van der Waals surface area contributed by atoms with E-state index in [0.29, 0.717) is 17.6 Å². The van der Waals surface area contributed by atoms with Gasteiger partial charge in [0.15, 0.2) is 0 Å². The molecule has 26 heavy (non-hydrogen) atoms. The Hall–Kier alpha value is -1.95. The molecular weight excluding hydrogens is 328 g/mol. The van der Waals surface area contributed by atoms with Gasteiger partial charge in [0.1, 0.15) is 6.10 Å². The summed E-state index contributed by atoms with van der Waals surface area (Å²) in [6, 6.07) is 3.86. The van der Waals surface area contributed by atoms with E-state index >= 15 is 0 Å². The number of piperidine rings is 1. The van der Waals surface area contributed by atoms with E-state index in [1.54, 1.807) is 6.20 Å². The highest BCUT2D eigenvalue weighted by Crippen LogP contribution is 2.29. The van der Waals surface area contributed by atoms with Crippen LogP contribution in [-0.4, -0.2) is 39.2 Å². The van der Waals surface area contributed by atoms with E-state index < -0.39 is 0 Å². The first-order valence-electron chi connectivity index (χ1n) is 9.95. The monoisotopic (exact) mass is 356 g/mol. The SMILES string of the molecule is C[C@H]1CCCN(Cc2nc(-c3cccnc3OC3CCCCC3)no2)C1. The van der Waals surface area contributed by atoms with Gasteiger partial charge in [-0.15, -0.1) is 0 Å². The minimum absolute atomic E-state index is 0.249. The third kappa shape index (κ3) is 4.23. The number of nitrogens with zero attached hydrogens (tertiary/aromatic N) is 4. The summed E-state index contributed by atoms with van der Waals surface area (Å²) in [7, 11) is 0. The molecule has 0 N–H and O–H groups in total. The highest BCUT2D eigenvalue weighted by molar-refractivity contribution is 5.60. The number of likely N-dealkylation sites (tertiary alicyclic amines) is 1. The lowest BCUT2D eigenvalue weighted by Crippen LogP contribution is -2.33. The van der Waals surface area contributed by atoms with Crippen molar-refractivity contribution in [3.05, 3.63) is 24.2 Å². The lowest BCUT2D eigenvalue weighted by atomic mass is 9.98. The van der Waals surface area contributed by atoms with Crippen LogP contribution in [0.1, 0.15) is 57.8 Å². The molecule has 2 aromatic heterocycles. The largest absolute Gasteiger partial charge is 0.474 e. The van der Waals surface area contributed by atoms with Crippen molar-refractivity contribution in [1.82, 2.24) is 20.0 Å². The van der Waals surface area contributed by atoms with Crippen LogP contribution >= 0.6 is 0 Å². The second kappa shape index (κ2) is 8.16. The van der Waals surface area contributed by atoms with Crippen LogP contribution in [0.3, 0.4) is 0 Å². The van der Waals surface area contributed by atoms with Crippen molar-refractivity contribution < 1.29 is 9.26 Å². The number of hydrogen-bond acceptors (Lipinski definition) is 6. The first kappa shape index (κ1) is 17.5. The van der Waals surface area contributed by atoms with Crippen molar-refractivity contribution in [2.24, 2.45) is 5.92 Å². The van der Waals surface area contributed by atoms with Gasteiger partial charge in [-0.2, -0.15) is 4.98 Å². The van der Waals surface area contributed by atoms with Crippen molar-refractivity contribution in [3.63, 3.8) is 0 Å². The van der Waals surface area contributed by atoms with Gasteiger partial charge in [0.25, 0.3) is 0 Å². The van der Waals surface area contributed by atoms with Gasteiger partial charge in [-0.3, -0.25) is 4.90 Å². The highest BCUT2D eigenvalue weighted by atomic mass is 16.5. The Kier molecular flexibility index (Phi) is 5.48. The van der Waals surface area contributed by atoms with Crippen LogP contribution in [0.2, 0.25) is 0 Å². The van der Waals surface area contributed by atoms with E-state index in [0.717, 1.165) is 44.0 Å². The van der Waals surface area contributed by atoms with Crippen LogP contribution in [0.25, 0.3) is 11.4 Å². The minimum atomic E-state index is 0.249. The number of rotatable bonds is 5. The van der Waals surface area contributed by atoms with E-state index in [2.05, 4.69) is 26.9 Å². The van der Waals surface area contributed by atoms with Gasteiger partial charge in [0, 0.05) is 12.7 Å². The average molecular weight is 356 g/mol. The molecule has 0 radical (unpaired) electrons. The molecule has 0 aromatic carbocycles. The van der Waals surface area contributed by atoms with E-state index in [9.17, 15) is 0 Å². The predicted octanol–water partition coefficient (Wildman–Crippen LogP) is 4.08. The second-order valence-corrected chi connectivity index (χ2v) is 7.73. The Bertz CT molecular complexity index is 711. The van der Waals surface area contributed by atoms with Crippen LogP contribution < -0.4 is 4.74 Å². The van der Waals surface area contributed by atoms with E-state index in [4.69, 9.17) is 9.26 Å². The van der Waals surface area contributed by atoms with Crippen molar-refractivity contribution >= 4 is 0 Å². The Balaban J connectivity index is 1.46. The maximum atomic E-state index is 6.17. The van der Waals surface area contributed by atoms with Crippen LogP contribution in [0, 0.1) is 5.92 Å². The summed E-state index contributed by atoms with van der Waals surface area (Å²) in [5.41, 5.74) is 0.820. The lowest BCUT2D eigenvalue weighted by Gasteiger charge is -2.29. The van der Waals surface area contributed by atoms with E-state index in [1.165, 1.54) is 32.1 Å². The van der Waals surface area contributed by atoms with Crippen LogP contribution in [0.5, 0.6) is 5.88 Å². The summed E-state index contributed by atoms with van der Waals surface area (Å²) in [4.78, 5) is 11.4. The topological polar surface area (TPSA) is 64.3 Å². The number of ether oxygens (including phenoxy) is 1. The van der Waals surface area contributed by atoms with Crippen molar-refractivity contribution in [2.75, 3.05) is 13.1 Å². The molecule has 0 amide bonds. The molecule has 4 rings (SSSR count).